The summed E-state index contributed by atoms with van der Waals surface area (Å²) in [6, 6.07) is 10.4. The number of hydrogen-bond acceptors (Lipinski definition) is 4. The van der Waals surface area contributed by atoms with Crippen molar-refractivity contribution >= 4 is 23.0 Å². The molecule has 2 heterocycles. The molecular weight excluding hydrogens is 348 g/mol. The summed E-state index contributed by atoms with van der Waals surface area (Å²) in [4.78, 5) is 21.4. The third-order valence-electron chi connectivity index (χ3n) is 5.14. The first-order valence-corrected chi connectivity index (χ1v) is 10.6. The Labute approximate surface area is 168 Å². The summed E-state index contributed by atoms with van der Waals surface area (Å²) >= 11 is 0. The Morgan fingerprint density at radius 3 is 2.32 bits per heavy atom. The number of nitrogens with one attached hydrogen (secondary N) is 1. The van der Waals surface area contributed by atoms with E-state index >= 15 is 0 Å². The van der Waals surface area contributed by atoms with E-state index in [1.807, 2.05) is 11.0 Å². The first-order valence-electron chi connectivity index (χ1n) is 10.6. The Morgan fingerprint density at radius 1 is 1.00 bits per heavy atom. The summed E-state index contributed by atoms with van der Waals surface area (Å²) in [5, 5.41) is 3.38. The predicted molar refractivity (Wildman–Crippen MR) is 117 cm³/mol. The van der Waals surface area contributed by atoms with Gasteiger partial charge < -0.3 is 15.1 Å². The van der Waals surface area contributed by atoms with Gasteiger partial charge in [-0.15, -0.1) is 0 Å². The molecule has 0 radical (unpaired) electrons. The number of carbonyl (C=O) groups is 1. The molecule has 5 nitrogen and oxygen atoms in total. The summed E-state index contributed by atoms with van der Waals surface area (Å²) in [6.45, 7) is 8.05. The number of rotatable bonds is 8. The lowest BCUT2D eigenvalue weighted by atomic mass is 10.1. The van der Waals surface area contributed by atoms with Gasteiger partial charge in [0.1, 0.15) is 0 Å². The molecule has 28 heavy (non-hydrogen) atoms. The molecule has 0 bridgehead atoms. The number of carbonyl (C=O) groups excluding carboxylic acids is 1. The van der Waals surface area contributed by atoms with Crippen LogP contribution < -0.4 is 10.2 Å². The van der Waals surface area contributed by atoms with E-state index < -0.39 is 0 Å². The van der Waals surface area contributed by atoms with Gasteiger partial charge in [-0.2, -0.15) is 0 Å². The summed E-state index contributed by atoms with van der Waals surface area (Å²) in [7, 11) is 0. The van der Waals surface area contributed by atoms with Crippen LogP contribution in [-0.2, 0) is 0 Å². The molecule has 3 rings (SSSR count). The molecule has 1 aliphatic heterocycles. The Balaban J connectivity index is 1.67. The number of aromatic nitrogens is 1. The summed E-state index contributed by atoms with van der Waals surface area (Å²) < 4.78 is 0. The fraction of sp³-hybridized carbons (Fsp3) is 0.478. The molecule has 2 aromatic rings. The number of piperidine rings is 1. The van der Waals surface area contributed by atoms with E-state index in [-0.39, 0.29) is 5.91 Å². The van der Waals surface area contributed by atoms with Crippen molar-refractivity contribution in [1.82, 2.24) is 9.88 Å². The zero-order valence-electron chi connectivity index (χ0n) is 17.2. The zero-order chi connectivity index (χ0) is 19.8. The topological polar surface area (TPSA) is 48.5 Å². The van der Waals surface area contributed by atoms with Crippen LogP contribution in [0.15, 0.2) is 42.7 Å². The van der Waals surface area contributed by atoms with Crippen molar-refractivity contribution in [1.29, 1.82) is 0 Å². The third kappa shape index (κ3) is 5.24. The minimum Gasteiger partial charge on any atom is -0.372 e. The smallest absolute Gasteiger partial charge is 0.255 e. The lowest BCUT2D eigenvalue weighted by molar-refractivity contribution is 0.0755. The zero-order valence-corrected chi connectivity index (χ0v) is 17.2. The average molecular weight is 381 g/mol. The molecule has 5 heteroatoms. The highest BCUT2D eigenvalue weighted by Gasteiger charge is 2.15. The first-order chi connectivity index (χ1) is 13.7. The normalized spacial score (nSPS) is 14.0. The number of anilines is 3. The van der Waals surface area contributed by atoms with Gasteiger partial charge in [0.05, 0.1) is 17.4 Å². The van der Waals surface area contributed by atoms with Crippen LogP contribution in [0.2, 0.25) is 0 Å². The Hall–Kier alpha value is -2.56. The molecule has 1 aromatic heterocycles. The van der Waals surface area contributed by atoms with Crippen LogP contribution in [-0.4, -0.2) is 42.0 Å². The number of hydrogen-bond donors (Lipinski definition) is 1. The van der Waals surface area contributed by atoms with Gasteiger partial charge in [0.25, 0.3) is 5.91 Å². The maximum Gasteiger partial charge on any atom is 0.255 e. The van der Waals surface area contributed by atoms with Crippen molar-refractivity contribution < 1.29 is 4.79 Å². The predicted octanol–water partition coefficient (Wildman–Crippen LogP) is 5.08. The number of nitrogens with zero attached hydrogens (tertiary/aromatic N) is 3. The third-order valence-corrected chi connectivity index (χ3v) is 5.14. The van der Waals surface area contributed by atoms with Crippen LogP contribution in [0, 0.1) is 0 Å². The van der Waals surface area contributed by atoms with Gasteiger partial charge in [0.15, 0.2) is 0 Å². The molecule has 0 aliphatic carbocycles. The maximum atomic E-state index is 12.8. The van der Waals surface area contributed by atoms with Crippen LogP contribution in [0.1, 0.15) is 56.3 Å². The van der Waals surface area contributed by atoms with Crippen molar-refractivity contribution in [2.45, 2.75) is 46.0 Å². The lowest BCUT2D eigenvalue weighted by Crippen LogP contribution is -2.32. The fourth-order valence-electron chi connectivity index (χ4n) is 3.74. The van der Waals surface area contributed by atoms with Crippen molar-refractivity contribution in [3.63, 3.8) is 0 Å². The minimum atomic E-state index is 0.0558. The van der Waals surface area contributed by atoms with Crippen LogP contribution in [0.5, 0.6) is 0 Å². The second kappa shape index (κ2) is 10.1. The van der Waals surface area contributed by atoms with Gasteiger partial charge in [0, 0.05) is 43.8 Å². The molecule has 1 fully saturated rings. The molecule has 0 unspecified atom stereocenters. The number of amides is 1. The van der Waals surface area contributed by atoms with Gasteiger partial charge in [-0.1, -0.05) is 13.8 Å². The van der Waals surface area contributed by atoms with Gasteiger partial charge in [-0.25, -0.2) is 0 Å². The van der Waals surface area contributed by atoms with E-state index in [2.05, 4.69) is 53.3 Å². The summed E-state index contributed by atoms with van der Waals surface area (Å²) in [5.74, 6) is 0.0558. The standard InChI is InChI=1S/C23H32N4O/c1-3-12-27(13-4-2)23(28)19-16-21(18-24-17-19)25-20-8-10-22(11-9-20)26-14-6-5-7-15-26/h8-11,16-18,25H,3-7,12-15H2,1-2H3. The van der Waals surface area contributed by atoms with Crippen molar-refractivity contribution in [2.24, 2.45) is 0 Å². The molecule has 1 amide bonds. The highest BCUT2D eigenvalue weighted by atomic mass is 16.2. The largest absolute Gasteiger partial charge is 0.372 e. The van der Waals surface area contributed by atoms with Gasteiger partial charge >= 0.3 is 0 Å². The molecule has 0 atom stereocenters. The lowest BCUT2D eigenvalue weighted by Gasteiger charge is -2.28. The van der Waals surface area contributed by atoms with Crippen LogP contribution >= 0.6 is 0 Å². The monoisotopic (exact) mass is 380 g/mol. The fourth-order valence-corrected chi connectivity index (χ4v) is 3.74. The molecule has 1 aliphatic rings. The summed E-state index contributed by atoms with van der Waals surface area (Å²) in [5.41, 5.74) is 3.76. The maximum absolute atomic E-state index is 12.8. The molecule has 1 N–H and O–H groups in total. The summed E-state index contributed by atoms with van der Waals surface area (Å²) in [6.07, 6.45) is 9.23. The van der Waals surface area contributed by atoms with E-state index in [9.17, 15) is 4.79 Å². The Bertz CT molecular complexity index is 747. The van der Waals surface area contributed by atoms with Crippen LogP contribution in [0.3, 0.4) is 0 Å². The Morgan fingerprint density at radius 2 is 1.68 bits per heavy atom. The first kappa shape index (κ1) is 20.2. The van der Waals surface area contributed by atoms with Crippen molar-refractivity contribution in [3.05, 3.63) is 48.3 Å². The van der Waals surface area contributed by atoms with Gasteiger partial charge in [-0.05, 0) is 62.4 Å². The van der Waals surface area contributed by atoms with Crippen molar-refractivity contribution in [2.75, 3.05) is 36.4 Å². The van der Waals surface area contributed by atoms with E-state index in [0.29, 0.717) is 5.56 Å². The van der Waals surface area contributed by atoms with E-state index in [0.717, 1.165) is 50.4 Å². The molecule has 1 saturated heterocycles. The number of benzene rings is 1. The molecule has 150 valence electrons. The quantitative estimate of drug-likeness (QED) is 0.694. The van der Waals surface area contributed by atoms with Gasteiger partial charge in [-0.3, -0.25) is 9.78 Å². The molecule has 1 aromatic carbocycles. The molecular formula is C23H32N4O. The second-order valence-corrected chi connectivity index (χ2v) is 7.47. The van der Waals surface area contributed by atoms with Gasteiger partial charge in [0.2, 0.25) is 0 Å². The van der Waals surface area contributed by atoms with E-state index in [1.54, 1.807) is 12.4 Å². The minimum absolute atomic E-state index is 0.0558. The SMILES string of the molecule is CCCN(CCC)C(=O)c1cncc(Nc2ccc(N3CCCCC3)cc2)c1. The molecule has 0 spiro atoms. The molecule has 0 saturated carbocycles. The van der Waals surface area contributed by atoms with E-state index in [1.165, 1.54) is 24.9 Å². The van der Waals surface area contributed by atoms with Crippen LogP contribution in [0.4, 0.5) is 17.1 Å². The highest BCUT2D eigenvalue weighted by molar-refractivity contribution is 5.95. The highest BCUT2D eigenvalue weighted by Crippen LogP contribution is 2.24. The van der Waals surface area contributed by atoms with Crippen molar-refractivity contribution in [3.8, 4) is 0 Å². The second-order valence-electron chi connectivity index (χ2n) is 7.47. The Kier molecular flexibility index (Phi) is 7.29. The average Bonchev–Trinajstić information content (AvgIpc) is 2.74. The number of pyridine rings is 1. The van der Waals surface area contributed by atoms with E-state index in [4.69, 9.17) is 0 Å². The van der Waals surface area contributed by atoms with Crippen LogP contribution in [0.25, 0.3) is 0 Å².